The van der Waals surface area contributed by atoms with Crippen molar-refractivity contribution in [2.24, 2.45) is 0 Å². The zero-order valence-corrected chi connectivity index (χ0v) is 24.9. The van der Waals surface area contributed by atoms with E-state index in [4.69, 9.17) is 14.6 Å². The number of hydrogen-bond donors (Lipinski definition) is 0. The fourth-order valence-electron chi connectivity index (χ4n) is 4.94. The summed E-state index contributed by atoms with van der Waals surface area (Å²) in [5, 5.41) is 14.5. The van der Waals surface area contributed by atoms with E-state index in [1.165, 1.54) is 36.4 Å². The maximum atomic E-state index is 13.6. The Balaban J connectivity index is 1.63. The lowest BCUT2D eigenvalue weighted by Crippen LogP contribution is -2.44. The first-order chi connectivity index (χ1) is 21.1. The first kappa shape index (κ1) is 30.6. The Morgan fingerprint density at radius 1 is 1.09 bits per heavy atom. The molecule has 0 bridgehead atoms. The van der Waals surface area contributed by atoms with Gasteiger partial charge in [-0.25, -0.2) is 13.1 Å². The third-order valence-electron chi connectivity index (χ3n) is 7.22. The number of hydrogen-bond acceptors (Lipinski definition) is 9. The summed E-state index contributed by atoms with van der Waals surface area (Å²) in [4.78, 5) is 38.8. The number of morpholine rings is 1. The molecule has 44 heavy (non-hydrogen) atoms. The van der Waals surface area contributed by atoms with E-state index in [1.807, 2.05) is 36.4 Å². The van der Waals surface area contributed by atoms with E-state index >= 15 is 0 Å². The lowest BCUT2D eigenvalue weighted by Gasteiger charge is -2.27. The molecule has 1 saturated heterocycles. The monoisotopic (exact) mass is 615 g/mol. The lowest BCUT2D eigenvalue weighted by molar-refractivity contribution is -0.147. The molecule has 0 atom stereocenters. The van der Waals surface area contributed by atoms with Crippen molar-refractivity contribution in [3.05, 3.63) is 83.1 Å². The summed E-state index contributed by atoms with van der Waals surface area (Å²) >= 11 is 0. The van der Waals surface area contributed by atoms with Crippen molar-refractivity contribution in [3.63, 3.8) is 0 Å². The summed E-state index contributed by atoms with van der Waals surface area (Å²) in [7, 11) is -3.81. The topological polar surface area (TPSA) is 152 Å². The number of imide groups is 1. The third-order valence-corrected chi connectivity index (χ3v) is 9.12. The quantitative estimate of drug-likeness (QED) is 0.212. The fraction of sp³-hybridized carbons (Fsp3) is 0.258. The smallest absolute Gasteiger partial charge is 0.302 e. The molecule has 0 N–H and O–H groups in total. The van der Waals surface area contributed by atoms with Crippen LogP contribution in [0.3, 0.4) is 0 Å². The van der Waals surface area contributed by atoms with Gasteiger partial charge in [0.05, 0.1) is 30.3 Å². The number of nitriles is 1. The number of carbonyl (C=O) groups is 3. The zero-order chi connectivity index (χ0) is 31.4. The molecule has 2 aliphatic heterocycles. The maximum absolute atomic E-state index is 13.6. The summed E-state index contributed by atoms with van der Waals surface area (Å²) in [6, 6.07) is 17.5. The van der Waals surface area contributed by atoms with Gasteiger partial charge in [-0.1, -0.05) is 30.3 Å². The van der Waals surface area contributed by atoms with Crippen LogP contribution in [0.5, 0.6) is 0 Å². The van der Waals surface area contributed by atoms with Crippen LogP contribution in [0.15, 0.2) is 82.4 Å². The molecule has 0 saturated carbocycles. The van der Waals surface area contributed by atoms with Gasteiger partial charge in [0.25, 0.3) is 11.8 Å². The van der Waals surface area contributed by atoms with Gasteiger partial charge >= 0.3 is 5.97 Å². The average molecular weight is 616 g/mol. The molecule has 13 heteroatoms. The predicted molar refractivity (Wildman–Crippen MR) is 158 cm³/mol. The predicted octanol–water partition coefficient (Wildman–Crippen LogP) is 2.72. The van der Waals surface area contributed by atoms with Crippen LogP contribution >= 0.6 is 0 Å². The number of rotatable bonds is 8. The largest absolute Gasteiger partial charge is 0.464 e. The summed E-state index contributed by atoms with van der Waals surface area (Å²) in [5.41, 5.74) is 2.08. The van der Waals surface area contributed by atoms with Crippen LogP contribution in [0.25, 0.3) is 23.0 Å². The van der Waals surface area contributed by atoms with E-state index in [-0.39, 0.29) is 47.9 Å². The molecule has 1 aromatic heterocycles. The van der Waals surface area contributed by atoms with Gasteiger partial charge in [0.2, 0.25) is 10.0 Å². The second kappa shape index (κ2) is 12.8. The van der Waals surface area contributed by atoms with Crippen LogP contribution < -0.4 is 0 Å². The molecule has 2 aliphatic rings. The highest BCUT2D eigenvalue weighted by atomic mass is 32.2. The minimum atomic E-state index is -3.81. The Morgan fingerprint density at radius 2 is 1.82 bits per heavy atom. The molecule has 226 valence electrons. The van der Waals surface area contributed by atoms with Gasteiger partial charge in [-0.05, 0) is 42.8 Å². The summed E-state index contributed by atoms with van der Waals surface area (Å²) in [6.07, 6.45) is 3.22. The van der Waals surface area contributed by atoms with Crippen LogP contribution in [0.1, 0.15) is 19.4 Å². The number of aromatic nitrogens is 2. The van der Waals surface area contributed by atoms with Crippen LogP contribution in [-0.2, 0) is 33.9 Å². The Hall–Kier alpha value is -4.90. The van der Waals surface area contributed by atoms with Crippen LogP contribution in [0, 0.1) is 11.3 Å². The lowest BCUT2D eigenvalue weighted by atomic mass is 9.93. The Morgan fingerprint density at radius 3 is 2.50 bits per heavy atom. The Labute approximate surface area is 254 Å². The van der Waals surface area contributed by atoms with E-state index in [1.54, 1.807) is 23.0 Å². The molecule has 0 radical (unpaired) electrons. The van der Waals surface area contributed by atoms with Gasteiger partial charge in [-0.2, -0.15) is 14.7 Å². The number of carbonyl (C=O) groups excluding carboxylic acids is 3. The Bertz CT molecular complexity index is 1830. The second-order valence-corrected chi connectivity index (χ2v) is 12.0. The van der Waals surface area contributed by atoms with Gasteiger partial charge < -0.3 is 9.47 Å². The molecule has 12 nitrogen and oxygen atoms in total. The summed E-state index contributed by atoms with van der Waals surface area (Å²) < 4.78 is 40.1. The normalized spacial score (nSPS) is 17.2. The van der Waals surface area contributed by atoms with Crippen molar-refractivity contribution < 1.29 is 32.3 Å². The SMILES string of the molecule is CC(=O)OCCN1C(=O)C(C#N)=C(C)/C(=C\c2cn(-c3ccccc3)nc2-c2cccc(S(=O)(=O)N3CCOCC3)c2)C1=O. The number of benzene rings is 2. The van der Waals surface area contributed by atoms with Gasteiger partial charge in [-0.3, -0.25) is 19.3 Å². The van der Waals surface area contributed by atoms with Crippen molar-refractivity contribution in [1.82, 2.24) is 19.0 Å². The minimum absolute atomic E-state index is 0.0786. The van der Waals surface area contributed by atoms with Crippen molar-refractivity contribution >= 4 is 33.9 Å². The van der Waals surface area contributed by atoms with E-state index in [0.717, 1.165) is 4.90 Å². The van der Waals surface area contributed by atoms with Crippen LogP contribution in [-0.4, -0.2) is 84.6 Å². The van der Waals surface area contributed by atoms with Gasteiger partial charge in [0.1, 0.15) is 23.9 Å². The Kier molecular flexibility index (Phi) is 8.86. The van der Waals surface area contributed by atoms with E-state index in [9.17, 15) is 28.1 Å². The van der Waals surface area contributed by atoms with Gasteiger partial charge in [0, 0.05) is 42.9 Å². The van der Waals surface area contributed by atoms with Gasteiger partial charge in [0.15, 0.2) is 0 Å². The second-order valence-electron chi connectivity index (χ2n) is 10.0. The molecule has 0 unspecified atom stereocenters. The number of ether oxygens (including phenoxy) is 2. The highest BCUT2D eigenvalue weighted by Gasteiger charge is 2.36. The molecule has 0 spiro atoms. The zero-order valence-electron chi connectivity index (χ0n) is 24.1. The van der Waals surface area contributed by atoms with E-state index < -0.39 is 27.8 Å². The number of esters is 1. The van der Waals surface area contributed by atoms with Crippen molar-refractivity contribution in [1.29, 1.82) is 5.26 Å². The van der Waals surface area contributed by atoms with Crippen LogP contribution in [0.4, 0.5) is 0 Å². The minimum Gasteiger partial charge on any atom is -0.464 e. The maximum Gasteiger partial charge on any atom is 0.302 e. The number of nitrogens with zero attached hydrogens (tertiary/aromatic N) is 5. The highest BCUT2D eigenvalue weighted by Crippen LogP contribution is 2.32. The average Bonchev–Trinajstić information content (AvgIpc) is 3.46. The molecule has 1 fully saturated rings. The number of amides is 2. The number of sulfonamides is 1. The molecule has 2 aromatic carbocycles. The molecular weight excluding hydrogens is 586 g/mol. The standard InChI is InChI=1S/C31H29N5O7S/c1-21-27(30(38)35(13-16-43-22(2)37)31(39)28(21)19-32)18-24-20-36(25-8-4-3-5-9-25)33-29(24)23-7-6-10-26(17-23)44(40,41)34-11-14-42-15-12-34/h3-10,17-18,20H,11-16H2,1-2H3/b27-18+. The fourth-order valence-corrected chi connectivity index (χ4v) is 6.39. The van der Waals surface area contributed by atoms with Crippen molar-refractivity contribution in [3.8, 4) is 23.0 Å². The van der Waals surface area contributed by atoms with Crippen LogP contribution in [0.2, 0.25) is 0 Å². The van der Waals surface area contributed by atoms with Gasteiger partial charge in [-0.15, -0.1) is 0 Å². The molecule has 3 heterocycles. The summed E-state index contributed by atoms with van der Waals surface area (Å²) in [6.45, 7) is 3.38. The molecule has 2 amide bonds. The van der Waals surface area contributed by atoms with E-state index in [2.05, 4.69) is 0 Å². The molecule has 0 aliphatic carbocycles. The van der Waals surface area contributed by atoms with E-state index in [0.29, 0.717) is 35.7 Å². The first-order valence-corrected chi connectivity index (χ1v) is 15.2. The third kappa shape index (κ3) is 6.09. The van der Waals surface area contributed by atoms with Crippen molar-refractivity contribution in [2.75, 3.05) is 39.5 Å². The molecule has 3 aromatic rings. The molecular formula is C31H29N5O7S. The first-order valence-electron chi connectivity index (χ1n) is 13.8. The summed E-state index contributed by atoms with van der Waals surface area (Å²) in [5.74, 6) is -2.01. The van der Waals surface area contributed by atoms with Crippen molar-refractivity contribution in [2.45, 2.75) is 18.7 Å². The number of para-hydroxylation sites is 1. The molecule has 5 rings (SSSR count). The highest BCUT2D eigenvalue weighted by molar-refractivity contribution is 7.89.